The highest BCUT2D eigenvalue weighted by Gasteiger charge is 2.11. The van der Waals surface area contributed by atoms with Crippen molar-refractivity contribution in [3.8, 4) is 0 Å². The van der Waals surface area contributed by atoms with Gasteiger partial charge >= 0.3 is 0 Å². The molecular weight excluding hydrogens is 208 g/mol. The molecule has 0 radical (unpaired) electrons. The number of methoxy groups -OCH3 is 1. The highest BCUT2D eigenvalue weighted by atomic mass is 32.2. The number of hydrogen-bond acceptors (Lipinski definition) is 4. The molecule has 0 bridgehead atoms. The van der Waals surface area contributed by atoms with E-state index >= 15 is 0 Å². The highest BCUT2D eigenvalue weighted by molar-refractivity contribution is 7.98. The molecule has 0 aliphatic rings. The lowest BCUT2D eigenvalue weighted by Gasteiger charge is -2.26. The molecule has 0 saturated heterocycles. The van der Waals surface area contributed by atoms with Crippen LogP contribution in [-0.4, -0.2) is 56.8 Å². The normalized spacial score (nSPS) is 13.4. The Balaban J connectivity index is 3.62. The van der Waals surface area contributed by atoms with Crippen molar-refractivity contribution in [1.29, 1.82) is 0 Å². The summed E-state index contributed by atoms with van der Waals surface area (Å²) in [5, 5.41) is 0. The van der Waals surface area contributed by atoms with Gasteiger partial charge < -0.3 is 15.4 Å². The standard InChI is InChI=1S/C11H26N2OS/c1-13(7-5-8-14-2)11(10-12)6-4-9-15-3/h11H,4-10,12H2,1-3H3. The maximum atomic E-state index is 5.78. The Morgan fingerprint density at radius 1 is 1.40 bits per heavy atom. The lowest BCUT2D eigenvalue weighted by molar-refractivity contribution is 0.163. The van der Waals surface area contributed by atoms with E-state index in [2.05, 4.69) is 18.2 Å². The van der Waals surface area contributed by atoms with Crippen LogP contribution in [0, 0.1) is 0 Å². The Kier molecular flexibility index (Phi) is 10.9. The first-order valence-corrected chi connectivity index (χ1v) is 7.03. The third-order valence-electron chi connectivity index (χ3n) is 2.64. The summed E-state index contributed by atoms with van der Waals surface area (Å²) in [7, 11) is 3.91. The molecule has 0 rings (SSSR count). The molecule has 4 heteroatoms. The zero-order chi connectivity index (χ0) is 11.5. The van der Waals surface area contributed by atoms with Crippen LogP contribution in [0.5, 0.6) is 0 Å². The molecule has 92 valence electrons. The molecule has 0 aromatic heterocycles. The SMILES string of the molecule is COCCCN(C)C(CN)CCCSC. The molecule has 15 heavy (non-hydrogen) atoms. The molecule has 0 heterocycles. The molecule has 1 atom stereocenters. The second-order valence-electron chi connectivity index (χ2n) is 3.85. The van der Waals surface area contributed by atoms with Crippen LogP contribution in [0.2, 0.25) is 0 Å². The summed E-state index contributed by atoms with van der Waals surface area (Å²) < 4.78 is 5.04. The van der Waals surface area contributed by atoms with E-state index in [1.165, 1.54) is 18.6 Å². The maximum Gasteiger partial charge on any atom is 0.0474 e. The quantitative estimate of drug-likeness (QED) is 0.580. The first-order valence-electron chi connectivity index (χ1n) is 5.64. The molecule has 0 saturated carbocycles. The summed E-state index contributed by atoms with van der Waals surface area (Å²) >= 11 is 1.91. The fourth-order valence-electron chi connectivity index (χ4n) is 1.62. The predicted molar refractivity (Wildman–Crippen MR) is 69.6 cm³/mol. The van der Waals surface area contributed by atoms with E-state index in [-0.39, 0.29) is 0 Å². The lowest BCUT2D eigenvalue weighted by Crippen LogP contribution is -2.38. The number of rotatable bonds is 10. The van der Waals surface area contributed by atoms with Crippen molar-refractivity contribution in [3.63, 3.8) is 0 Å². The molecule has 3 nitrogen and oxygen atoms in total. The Hall–Kier alpha value is 0.230. The fourth-order valence-corrected chi connectivity index (χ4v) is 2.08. The van der Waals surface area contributed by atoms with E-state index in [9.17, 15) is 0 Å². The summed E-state index contributed by atoms with van der Waals surface area (Å²) in [5.41, 5.74) is 5.78. The molecular formula is C11H26N2OS. The monoisotopic (exact) mass is 234 g/mol. The van der Waals surface area contributed by atoms with Crippen molar-refractivity contribution in [2.75, 3.05) is 45.9 Å². The molecule has 0 aliphatic heterocycles. The first-order chi connectivity index (χ1) is 7.26. The van der Waals surface area contributed by atoms with Gasteiger partial charge in [-0.3, -0.25) is 0 Å². The second kappa shape index (κ2) is 10.7. The van der Waals surface area contributed by atoms with Gasteiger partial charge in [-0.25, -0.2) is 0 Å². The summed E-state index contributed by atoms with van der Waals surface area (Å²) in [4.78, 5) is 2.36. The van der Waals surface area contributed by atoms with Crippen LogP contribution in [0.4, 0.5) is 0 Å². The number of thioether (sulfide) groups is 1. The summed E-state index contributed by atoms with van der Waals surface area (Å²) in [6.07, 6.45) is 5.71. The Bertz CT molecular complexity index is 136. The van der Waals surface area contributed by atoms with Gasteiger partial charge in [0.25, 0.3) is 0 Å². The van der Waals surface area contributed by atoms with Gasteiger partial charge in [0.1, 0.15) is 0 Å². The van der Waals surface area contributed by atoms with Gasteiger partial charge in [-0.15, -0.1) is 0 Å². The molecule has 0 spiro atoms. The maximum absolute atomic E-state index is 5.78. The van der Waals surface area contributed by atoms with Crippen molar-refractivity contribution >= 4 is 11.8 Å². The molecule has 0 aliphatic carbocycles. The van der Waals surface area contributed by atoms with E-state index in [0.717, 1.165) is 26.1 Å². The van der Waals surface area contributed by atoms with Gasteiger partial charge in [-0.1, -0.05) is 0 Å². The van der Waals surface area contributed by atoms with Gasteiger partial charge in [0.05, 0.1) is 0 Å². The molecule has 1 unspecified atom stereocenters. The van der Waals surface area contributed by atoms with Crippen molar-refractivity contribution in [1.82, 2.24) is 4.90 Å². The molecule has 0 amide bonds. The van der Waals surface area contributed by atoms with E-state index < -0.39 is 0 Å². The topological polar surface area (TPSA) is 38.5 Å². The zero-order valence-corrected chi connectivity index (χ0v) is 11.2. The van der Waals surface area contributed by atoms with Crippen LogP contribution in [0.15, 0.2) is 0 Å². The first kappa shape index (κ1) is 15.2. The van der Waals surface area contributed by atoms with E-state index in [4.69, 9.17) is 10.5 Å². The van der Waals surface area contributed by atoms with Crippen molar-refractivity contribution in [2.45, 2.75) is 25.3 Å². The van der Waals surface area contributed by atoms with E-state index in [0.29, 0.717) is 6.04 Å². The number of ether oxygens (including phenoxy) is 1. The minimum Gasteiger partial charge on any atom is -0.385 e. The van der Waals surface area contributed by atoms with Crippen LogP contribution in [0.3, 0.4) is 0 Å². The summed E-state index contributed by atoms with van der Waals surface area (Å²) in [5.74, 6) is 1.24. The van der Waals surface area contributed by atoms with Crippen LogP contribution in [-0.2, 0) is 4.74 Å². The minimum atomic E-state index is 0.536. The third kappa shape index (κ3) is 8.08. The van der Waals surface area contributed by atoms with Gasteiger partial charge in [0.15, 0.2) is 0 Å². The van der Waals surface area contributed by atoms with Crippen molar-refractivity contribution < 1.29 is 4.74 Å². The van der Waals surface area contributed by atoms with Crippen LogP contribution in [0.1, 0.15) is 19.3 Å². The lowest BCUT2D eigenvalue weighted by atomic mass is 10.1. The van der Waals surface area contributed by atoms with E-state index in [1.807, 2.05) is 11.8 Å². The van der Waals surface area contributed by atoms with Crippen LogP contribution >= 0.6 is 11.8 Å². The number of hydrogen-bond donors (Lipinski definition) is 1. The number of nitrogens with zero attached hydrogens (tertiary/aromatic N) is 1. The van der Waals surface area contributed by atoms with Crippen LogP contribution in [0.25, 0.3) is 0 Å². The Morgan fingerprint density at radius 3 is 2.67 bits per heavy atom. The molecule has 0 aromatic rings. The van der Waals surface area contributed by atoms with Gasteiger partial charge in [-0.2, -0.15) is 11.8 Å². The fraction of sp³-hybridized carbons (Fsp3) is 1.00. The Labute approximate surface area is 98.7 Å². The van der Waals surface area contributed by atoms with Crippen molar-refractivity contribution in [2.24, 2.45) is 5.73 Å². The third-order valence-corrected chi connectivity index (χ3v) is 3.34. The zero-order valence-electron chi connectivity index (χ0n) is 10.4. The van der Waals surface area contributed by atoms with Crippen molar-refractivity contribution in [3.05, 3.63) is 0 Å². The largest absolute Gasteiger partial charge is 0.385 e. The average Bonchev–Trinajstić information content (AvgIpc) is 2.24. The number of likely N-dealkylation sites (N-methyl/N-ethyl adjacent to an activating group) is 1. The molecule has 2 N–H and O–H groups in total. The highest BCUT2D eigenvalue weighted by Crippen LogP contribution is 2.07. The van der Waals surface area contributed by atoms with Crippen LogP contribution < -0.4 is 5.73 Å². The predicted octanol–water partition coefficient (Wildman–Crippen LogP) is 1.43. The minimum absolute atomic E-state index is 0.536. The Morgan fingerprint density at radius 2 is 2.13 bits per heavy atom. The summed E-state index contributed by atoms with van der Waals surface area (Å²) in [6.45, 7) is 2.68. The van der Waals surface area contributed by atoms with Gasteiger partial charge in [0.2, 0.25) is 0 Å². The van der Waals surface area contributed by atoms with Gasteiger partial charge in [0, 0.05) is 32.8 Å². The molecule has 0 aromatic carbocycles. The van der Waals surface area contributed by atoms with Gasteiger partial charge in [-0.05, 0) is 38.3 Å². The average molecular weight is 234 g/mol. The number of nitrogens with two attached hydrogens (primary N) is 1. The van der Waals surface area contributed by atoms with E-state index in [1.54, 1.807) is 7.11 Å². The second-order valence-corrected chi connectivity index (χ2v) is 4.84. The smallest absolute Gasteiger partial charge is 0.0474 e. The molecule has 0 fully saturated rings. The summed E-state index contributed by atoms with van der Waals surface area (Å²) in [6, 6.07) is 0.536.